The first-order valence-corrected chi connectivity index (χ1v) is 2.80. The van der Waals surface area contributed by atoms with Gasteiger partial charge in [-0.15, -0.1) is 0 Å². The van der Waals surface area contributed by atoms with Crippen molar-refractivity contribution in [2.45, 2.75) is 12.6 Å². The highest BCUT2D eigenvalue weighted by atomic mass is 15.1. The van der Waals surface area contributed by atoms with Gasteiger partial charge in [0.25, 0.3) is 0 Å². The summed E-state index contributed by atoms with van der Waals surface area (Å²) in [6.07, 6.45) is 5.13. The number of hydrogen-bond acceptors (Lipinski definition) is 3. The van der Waals surface area contributed by atoms with E-state index in [4.69, 9.17) is 5.73 Å². The first kappa shape index (κ1) is 5.44. The minimum absolute atomic E-state index is 0.375. The molecule has 8 heavy (non-hydrogen) atoms. The zero-order valence-electron chi connectivity index (χ0n) is 4.72. The van der Waals surface area contributed by atoms with Gasteiger partial charge in [0.1, 0.15) is 0 Å². The SMILES string of the molecule is NCCC1NC=CN1. The molecule has 4 N–H and O–H groups in total. The van der Waals surface area contributed by atoms with Gasteiger partial charge in [0.2, 0.25) is 0 Å². The molecule has 0 aromatic carbocycles. The van der Waals surface area contributed by atoms with Crippen molar-refractivity contribution in [3.8, 4) is 0 Å². The van der Waals surface area contributed by atoms with Crippen molar-refractivity contribution in [2.75, 3.05) is 6.54 Å². The molecule has 46 valence electrons. The maximum atomic E-state index is 5.30. The van der Waals surface area contributed by atoms with Gasteiger partial charge in [-0.1, -0.05) is 0 Å². The lowest BCUT2D eigenvalue weighted by Gasteiger charge is -2.08. The molecule has 0 amide bonds. The van der Waals surface area contributed by atoms with E-state index < -0.39 is 0 Å². The highest BCUT2D eigenvalue weighted by Crippen LogP contribution is 1.89. The molecule has 0 radical (unpaired) electrons. The van der Waals surface area contributed by atoms with Gasteiger partial charge in [-0.05, 0) is 13.0 Å². The van der Waals surface area contributed by atoms with Crippen molar-refractivity contribution in [1.29, 1.82) is 0 Å². The molecular formula is C5H11N3. The van der Waals surface area contributed by atoms with Gasteiger partial charge >= 0.3 is 0 Å². The number of rotatable bonds is 2. The number of hydrogen-bond donors (Lipinski definition) is 3. The lowest BCUT2D eigenvalue weighted by atomic mass is 10.3. The first-order valence-electron chi connectivity index (χ1n) is 2.80. The molecule has 1 aliphatic rings. The fourth-order valence-electron chi connectivity index (χ4n) is 0.710. The van der Waals surface area contributed by atoms with Crippen molar-refractivity contribution in [3.05, 3.63) is 12.4 Å². The molecule has 0 spiro atoms. The van der Waals surface area contributed by atoms with E-state index >= 15 is 0 Å². The van der Waals surface area contributed by atoms with Crippen LogP contribution in [-0.4, -0.2) is 12.7 Å². The minimum Gasteiger partial charge on any atom is -0.370 e. The molecule has 0 bridgehead atoms. The summed E-state index contributed by atoms with van der Waals surface area (Å²) in [6, 6.07) is 0. The Morgan fingerprint density at radius 3 is 2.50 bits per heavy atom. The molecule has 1 heterocycles. The molecule has 0 atom stereocenters. The van der Waals surface area contributed by atoms with E-state index in [1.54, 1.807) is 0 Å². The lowest BCUT2D eigenvalue weighted by Crippen LogP contribution is -2.32. The summed E-state index contributed by atoms with van der Waals surface area (Å²) in [5.74, 6) is 0. The fourth-order valence-corrected chi connectivity index (χ4v) is 0.710. The van der Waals surface area contributed by atoms with Crippen molar-refractivity contribution in [1.82, 2.24) is 10.6 Å². The van der Waals surface area contributed by atoms with Gasteiger partial charge in [-0.2, -0.15) is 0 Å². The van der Waals surface area contributed by atoms with Crippen molar-refractivity contribution in [2.24, 2.45) is 5.73 Å². The van der Waals surface area contributed by atoms with E-state index in [1.165, 1.54) is 0 Å². The lowest BCUT2D eigenvalue weighted by molar-refractivity contribution is 0.535. The molecule has 0 saturated heterocycles. The third-order valence-corrected chi connectivity index (χ3v) is 1.13. The van der Waals surface area contributed by atoms with Gasteiger partial charge in [0, 0.05) is 12.4 Å². The summed E-state index contributed by atoms with van der Waals surface area (Å²) in [6.45, 7) is 0.729. The van der Waals surface area contributed by atoms with E-state index in [9.17, 15) is 0 Å². The van der Waals surface area contributed by atoms with Crippen LogP contribution in [0.15, 0.2) is 12.4 Å². The maximum absolute atomic E-state index is 5.30. The van der Waals surface area contributed by atoms with Crippen LogP contribution in [0.25, 0.3) is 0 Å². The molecular weight excluding hydrogens is 102 g/mol. The largest absolute Gasteiger partial charge is 0.370 e. The van der Waals surface area contributed by atoms with Gasteiger partial charge in [-0.25, -0.2) is 0 Å². The summed E-state index contributed by atoms with van der Waals surface area (Å²) in [4.78, 5) is 0. The Balaban J connectivity index is 2.10. The molecule has 0 unspecified atom stereocenters. The second-order valence-electron chi connectivity index (χ2n) is 1.80. The standard InChI is InChI=1S/C5H11N3/c6-2-1-5-7-3-4-8-5/h3-5,7-8H,1-2,6H2. The monoisotopic (exact) mass is 113 g/mol. The zero-order chi connectivity index (χ0) is 5.82. The normalized spacial score (nSPS) is 18.1. The molecule has 3 nitrogen and oxygen atoms in total. The Morgan fingerprint density at radius 2 is 2.00 bits per heavy atom. The molecule has 3 heteroatoms. The molecule has 0 fully saturated rings. The van der Waals surface area contributed by atoms with Gasteiger partial charge in [0.05, 0.1) is 6.17 Å². The van der Waals surface area contributed by atoms with Crippen LogP contribution in [-0.2, 0) is 0 Å². The first-order chi connectivity index (χ1) is 3.93. The van der Waals surface area contributed by atoms with Crippen LogP contribution >= 0.6 is 0 Å². The average Bonchev–Trinajstić information content (AvgIpc) is 2.19. The predicted molar refractivity (Wildman–Crippen MR) is 32.9 cm³/mol. The molecule has 0 aromatic heterocycles. The van der Waals surface area contributed by atoms with Crippen molar-refractivity contribution >= 4 is 0 Å². The van der Waals surface area contributed by atoms with E-state index in [0.717, 1.165) is 13.0 Å². The summed E-state index contributed by atoms with van der Waals surface area (Å²) in [5.41, 5.74) is 5.30. The van der Waals surface area contributed by atoms with Gasteiger partial charge in [-0.3, -0.25) is 0 Å². The summed E-state index contributed by atoms with van der Waals surface area (Å²) < 4.78 is 0. The zero-order valence-corrected chi connectivity index (χ0v) is 4.72. The molecule has 1 rings (SSSR count). The summed E-state index contributed by atoms with van der Waals surface area (Å²) in [5, 5.41) is 6.17. The van der Waals surface area contributed by atoms with E-state index in [-0.39, 0.29) is 0 Å². The van der Waals surface area contributed by atoms with E-state index in [0.29, 0.717) is 6.17 Å². The Kier molecular flexibility index (Phi) is 1.75. The highest BCUT2D eigenvalue weighted by molar-refractivity contribution is 4.90. The van der Waals surface area contributed by atoms with E-state index in [2.05, 4.69) is 10.6 Å². The Labute approximate surface area is 48.9 Å². The van der Waals surface area contributed by atoms with Crippen LogP contribution < -0.4 is 16.4 Å². The molecule has 0 aromatic rings. The second-order valence-corrected chi connectivity index (χ2v) is 1.80. The van der Waals surface area contributed by atoms with Crippen LogP contribution in [0.4, 0.5) is 0 Å². The average molecular weight is 113 g/mol. The molecule has 0 aliphatic carbocycles. The van der Waals surface area contributed by atoms with Crippen LogP contribution in [0.3, 0.4) is 0 Å². The predicted octanol–water partition coefficient (Wildman–Crippen LogP) is -0.675. The van der Waals surface area contributed by atoms with Crippen LogP contribution in [0.2, 0.25) is 0 Å². The quantitative estimate of drug-likeness (QED) is 0.445. The van der Waals surface area contributed by atoms with Crippen LogP contribution in [0, 0.1) is 0 Å². The van der Waals surface area contributed by atoms with Crippen molar-refractivity contribution in [3.63, 3.8) is 0 Å². The third-order valence-electron chi connectivity index (χ3n) is 1.13. The van der Waals surface area contributed by atoms with Gasteiger partial charge < -0.3 is 16.4 Å². The summed E-state index contributed by atoms with van der Waals surface area (Å²) in [7, 11) is 0. The number of nitrogens with two attached hydrogens (primary N) is 1. The number of nitrogens with one attached hydrogen (secondary N) is 2. The van der Waals surface area contributed by atoms with Crippen molar-refractivity contribution < 1.29 is 0 Å². The Hall–Kier alpha value is -0.700. The molecule has 0 saturated carbocycles. The molecule has 1 aliphatic heterocycles. The Bertz CT molecular complexity index is 81.7. The third kappa shape index (κ3) is 1.13. The smallest absolute Gasteiger partial charge is 0.0967 e. The topological polar surface area (TPSA) is 50.1 Å². The Morgan fingerprint density at radius 1 is 1.38 bits per heavy atom. The highest BCUT2D eigenvalue weighted by Gasteiger charge is 2.03. The van der Waals surface area contributed by atoms with Gasteiger partial charge in [0.15, 0.2) is 0 Å². The maximum Gasteiger partial charge on any atom is 0.0967 e. The second kappa shape index (κ2) is 2.57. The summed E-state index contributed by atoms with van der Waals surface area (Å²) >= 11 is 0. The van der Waals surface area contributed by atoms with Crippen LogP contribution in [0.5, 0.6) is 0 Å². The van der Waals surface area contributed by atoms with E-state index in [1.807, 2.05) is 12.4 Å². The van der Waals surface area contributed by atoms with Crippen LogP contribution in [0.1, 0.15) is 6.42 Å². The fraction of sp³-hybridized carbons (Fsp3) is 0.600. The minimum atomic E-state index is 0.375.